The largest absolute Gasteiger partial charge is 0.493 e. The van der Waals surface area contributed by atoms with E-state index in [1.165, 1.54) is 0 Å². The number of para-hydroxylation sites is 1. The van der Waals surface area contributed by atoms with E-state index in [1.807, 2.05) is 49.4 Å². The van der Waals surface area contributed by atoms with Crippen molar-refractivity contribution in [3.8, 4) is 23.6 Å². The summed E-state index contributed by atoms with van der Waals surface area (Å²) in [5, 5.41) is 20.3. The summed E-state index contributed by atoms with van der Waals surface area (Å²) >= 11 is 0. The van der Waals surface area contributed by atoms with Crippen molar-refractivity contribution in [1.82, 2.24) is 0 Å². The summed E-state index contributed by atoms with van der Waals surface area (Å²) in [7, 11) is 1.64. The summed E-state index contributed by atoms with van der Waals surface area (Å²) in [5.74, 6) is 1.18. The lowest BCUT2D eigenvalue weighted by atomic mass is 9.73. The molecule has 0 amide bonds. The Balaban J connectivity index is 1.84. The number of hydrogen-bond acceptors (Lipinski definition) is 5. The Labute approximate surface area is 184 Å². The van der Waals surface area contributed by atoms with Crippen molar-refractivity contribution in [2.45, 2.75) is 38.8 Å². The minimum atomic E-state index is -1.14. The van der Waals surface area contributed by atoms with Gasteiger partial charge in [-0.3, -0.25) is 0 Å². The summed E-state index contributed by atoms with van der Waals surface area (Å²) in [6, 6.07) is 18.4. The van der Waals surface area contributed by atoms with E-state index in [-0.39, 0.29) is 18.0 Å². The fraction of sp³-hybridized carbons (Fsp3) is 0.385. The van der Waals surface area contributed by atoms with Crippen molar-refractivity contribution < 1.29 is 9.47 Å². The van der Waals surface area contributed by atoms with E-state index < -0.39 is 5.41 Å². The Kier molecular flexibility index (Phi) is 5.61. The maximum atomic E-state index is 10.1. The highest BCUT2D eigenvalue weighted by Gasteiger charge is 2.59. The van der Waals surface area contributed by atoms with E-state index in [9.17, 15) is 10.5 Å². The Bertz CT molecular complexity index is 1060. The standard InChI is InChI=1S/C26H27N3O2/c1-4-5-14-31-23-15-20(10-12-22(23)30-3)25-18(2)26(16-27,17-28)24-13-11-19-8-6-7-9-21(19)29(24)25/h6-13,15,18,24-25H,4-5,14H2,1-3H3/t18-,24-,25?/m1/s1. The minimum Gasteiger partial charge on any atom is -0.493 e. The number of fused-ring (bicyclic) bond motifs is 3. The van der Waals surface area contributed by atoms with Gasteiger partial charge in [0.15, 0.2) is 16.9 Å². The van der Waals surface area contributed by atoms with E-state index in [0.29, 0.717) is 18.1 Å². The molecule has 5 nitrogen and oxygen atoms in total. The molecule has 0 aliphatic carbocycles. The maximum absolute atomic E-state index is 10.1. The van der Waals surface area contributed by atoms with Crippen LogP contribution in [0.2, 0.25) is 0 Å². The number of benzene rings is 2. The van der Waals surface area contributed by atoms with Crippen LogP contribution in [0, 0.1) is 34.0 Å². The van der Waals surface area contributed by atoms with E-state index >= 15 is 0 Å². The summed E-state index contributed by atoms with van der Waals surface area (Å²) in [6.07, 6.45) is 6.05. The van der Waals surface area contributed by atoms with E-state index in [4.69, 9.17) is 9.47 Å². The van der Waals surface area contributed by atoms with Gasteiger partial charge in [0, 0.05) is 11.6 Å². The number of rotatable bonds is 6. The molecular weight excluding hydrogens is 386 g/mol. The average molecular weight is 414 g/mol. The van der Waals surface area contributed by atoms with Gasteiger partial charge in [0.1, 0.15) is 0 Å². The van der Waals surface area contributed by atoms with Crippen LogP contribution in [0.5, 0.6) is 11.5 Å². The van der Waals surface area contributed by atoms with Gasteiger partial charge < -0.3 is 14.4 Å². The maximum Gasteiger partial charge on any atom is 0.172 e. The van der Waals surface area contributed by atoms with Crippen molar-refractivity contribution in [3.05, 3.63) is 59.7 Å². The van der Waals surface area contributed by atoms with Gasteiger partial charge in [0.2, 0.25) is 0 Å². The third kappa shape index (κ3) is 3.22. The van der Waals surface area contributed by atoms with Gasteiger partial charge in [0.05, 0.1) is 37.9 Å². The van der Waals surface area contributed by atoms with Crippen LogP contribution in [0.25, 0.3) is 6.08 Å². The highest BCUT2D eigenvalue weighted by Crippen LogP contribution is 2.56. The molecule has 2 aliphatic heterocycles. The van der Waals surface area contributed by atoms with Crippen LogP contribution < -0.4 is 14.4 Å². The lowest BCUT2D eigenvalue weighted by Gasteiger charge is -2.36. The Morgan fingerprint density at radius 1 is 1.10 bits per heavy atom. The highest BCUT2D eigenvalue weighted by molar-refractivity contribution is 5.75. The fourth-order valence-corrected chi connectivity index (χ4v) is 4.88. The van der Waals surface area contributed by atoms with Crippen molar-refractivity contribution in [2.75, 3.05) is 18.6 Å². The monoisotopic (exact) mass is 413 g/mol. The van der Waals surface area contributed by atoms with Gasteiger partial charge in [0.25, 0.3) is 0 Å². The number of ether oxygens (including phenoxy) is 2. The first-order valence-electron chi connectivity index (χ1n) is 10.8. The van der Waals surface area contributed by atoms with Crippen LogP contribution >= 0.6 is 0 Å². The number of methoxy groups -OCH3 is 1. The molecule has 0 radical (unpaired) electrons. The molecule has 2 aromatic carbocycles. The summed E-state index contributed by atoms with van der Waals surface area (Å²) in [5.41, 5.74) is 2.01. The molecule has 1 saturated heterocycles. The molecule has 158 valence electrons. The second kappa shape index (κ2) is 8.36. The van der Waals surface area contributed by atoms with E-state index in [1.54, 1.807) is 7.11 Å². The number of nitriles is 2. The molecule has 31 heavy (non-hydrogen) atoms. The summed E-state index contributed by atoms with van der Waals surface area (Å²) < 4.78 is 11.5. The van der Waals surface area contributed by atoms with Crippen molar-refractivity contribution in [2.24, 2.45) is 11.3 Å². The lowest BCUT2D eigenvalue weighted by molar-refractivity contribution is 0.287. The Morgan fingerprint density at radius 2 is 1.87 bits per heavy atom. The molecule has 0 N–H and O–H groups in total. The quantitative estimate of drug-likeness (QED) is 0.585. The van der Waals surface area contributed by atoms with Crippen molar-refractivity contribution in [3.63, 3.8) is 0 Å². The van der Waals surface area contributed by atoms with Gasteiger partial charge in [-0.15, -0.1) is 0 Å². The number of anilines is 1. The second-order valence-electron chi connectivity index (χ2n) is 8.21. The first kappa shape index (κ1) is 20.8. The zero-order chi connectivity index (χ0) is 22.0. The number of hydrogen-bond donors (Lipinski definition) is 0. The van der Waals surface area contributed by atoms with Crippen LogP contribution in [0.3, 0.4) is 0 Å². The molecule has 0 spiro atoms. The minimum absolute atomic E-state index is 0.144. The highest BCUT2D eigenvalue weighted by atomic mass is 16.5. The van der Waals surface area contributed by atoms with Crippen LogP contribution in [0.1, 0.15) is 43.9 Å². The smallest absolute Gasteiger partial charge is 0.172 e. The zero-order valence-corrected chi connectivity index (χ0v) is 18.2. The van der Waals surface area contributed by atoms with Gasteiger partial charge in [-0.1, -0.05) is 56.7 Å². The molecule has 0 aromatic heterocycles. The first-order valence-corrected chi connectivity index (χ1v) is 10.8. The van der Waals surface area contributed by atoms with Crippen LogP contribution in [0.15, 0.2) is 48.5 Å². The topological polar surface area (TPSA) is 69.3 Å². The van der Waals surface area contributed by atoms with Gasteiger partial charge in [-0.25, -0.2) is 0 Å². The SMILES string of the molecule is CCCCOc1cc(C2[C@@H](C)C(C#N)(C#N)[C@H]3C=Cc4ccccc4N23)ccc1OC. The fourth-order valence-electron chi connectivity index (χ4n) is 4.88. The molecule has 3 atom stereocenters. The van der Waals surface area contributed by atoms with Crippen molar-refractivity contribution >= 4 is 11.8 Å². The molecule has 1 unspecified atom stereocenters. The van der Waals surface area contributed by atoms with Gasteiger partial charge in [-0.05, 0) is 35.7 Å². The van der Waals surface area contributed by atoms with Gasteiger partial charge >= 0.3 is 0 Å². The molecule has 0 bridgehead atoms. The number of nitrogens with zero attached hydrogens (tertiary/aromatic N) is 3. The van der Waals surface area contributed by atoms with Crippen LogP contribution in [-0.2, 0) is 0 Å². The molecule has 4 rings (SSSR count). The molecule has 2 aliphatic rings. The van der Waals surface area contributed by atoms with Gasteiger partial charge in [-0.2, -0.15) is 10.5 Å². The molecule has 0 saturated carbocycles. The number of unbranched alkanes of at least 4 members (excludes halogenated alkanes) is 1. The predicted octanol–water partition coefficient (Wildman–Crippen LogP) is 5.50. The van der Waals surface area contributed by atoms with Crippen LogP contribution in [0.4, 0.5) is 5.69 Å². The van der Waals surface area contributed by atoms with Crippen LogP contribution in [-0.4, -0.2) is 19.8 Å². The lowest BCUT2D eigenvalue weighted by Crippen LogP contribution is -2.39. The third-order valence-electron chi connectivity index (χ3n) is 6.59. The summed E-state index contributed by atoms with van der Waals surface area (Å²) in [6.45, 7) is 4.75. The Morgan fingerprint density at radius 3 is 2.58 bits per heavy atom. The summed E-state index contributed by atoms with van der Waals surface area (Å²) in [4.78, 5) is 2.24. The predicted molar refractivity (Wildman–Crippen MR) is 121 cm³/mol. The van der Waals surface area contributed by atoms with E-state index in [0.717, 1.165) is 29.7 Å². The van der Waals surface area contributed by atoms with Crippen molar-refractivity contribution in [1.29, 1.82) is 10.5 Å². The molecule has 2 aromatic rings. The Hall–Kier alpha value is -3.44. The normalized spacial score (nSPS) is 22.7. The average Bonchev–Trinajstić information content (AvgIpc) is 3.07. The second-order valence-corrected chi connectivity index (χ2v) is 8.21. The zero-order valence-electron chi connectivity index (χ0n) is 18.2. The van der Waals surface area contributed by atoms with E-state index in [2.05, 4.69) is 36.1 Å². The molecule has 1 fully saturated rings. The third-order valence-corrected chi connectivity index (χ3v) is 6.59. The molecular formula is C26H27N3O2. The first-order chi connectivity index (χ1) is 15.1. The molecule has 5 heteroatoms. The molecule has 2 heterocycles.